The van der Waals surface area contributed by atoms with Crippen molar-refractivity contribution in [2.45, 2.75) is 18.2 Å². The van der Waals surface area contributed by atoms with Gasteiger partial charge in [0.2, 0.25) is 5.91 Å². The maximum atomic E-state index is 12.0. The van der Waals surface area contributed by atoms with Gasteiger partial charge in [-0.3, -0.25) is 4.79 Å². The minimum atomic E-state index is -0.122. The lowest BCUT2D eigenvalue weighted by atomic mass is 10.0. The van der Waals surface area contributed by atoms with E-state index in [4.69, 9.17) is 4.74 Å². The van der Waals surface area contributed by atoms with Gasteiger partial charge in [-0.1, -0.05) is 22.0 Å². The summed E-state index contributed by atoms with van der Waals surface area (Å²) in [6.45, 7) is 2.59. The van der Waals surface area contributed by atoms with E-state index in [1.807, 2.05) is 25.1 Å². The Morgan fingerprint density at radius 2 is 2.21 bits per heavy atom. The molecule has 0 fully saturated rings. The lowest BCUT2D eigenvalue weighted by molar-refractivity contribution is -0.126. The number of alkyl halides is 1. The zero-order valence-corrected chi connectivity index (χ0v) is 14.0. The number of benzene rings is 1. The van der Waals surface area contributed by atoms with Crippen molar-refractivity contribution in [1.82, 2.24) is 4.90 Å². The Bertz CT molecular complexity index is 528. The molecule has 0 radical (unpaired) electrons. The number of carbonyl (C=O) groups is 1. The van der Waals surface area contributed by atoms with Crippen molar-refractivity contribution in [1.29, 1.82) is 0 Å². The Labute approximate surface area is 129 Å². The summed E-state index contributed by atoms with van der Waals surface area (Å²) >= 11 is 6.92. The van der Waals surface area contributed by atoms with Crippen LogP contribution in [0, 0.1) is 0 Å². The van der Waals surface area contributed by atoms with E-state index in [-0.39, 0.29) is 10.7 Å². The molecule has 0 spiro atoms. The van der Waals surface area contributed by atoms with E-state index in [1.165, 1.54) is 0 Å². The van der Waals surface area contributed by atoms with Gasteiger partial charge in [-0.2, -0.15) is 0 Å². The minimum Gasteiger partial charge on any atom is -0.494 e. The smallest absolute Gasteiger partial charge is 0.240 e. The van der Waals surface area contributed by atoms with Crippen molar-refractivity contribution in [2.24, 2.45) is 0 Å². The highest BCUT2D eigenvalue weighted by atomic mass is 79.9. The number of carbonyl (C=O) groups excluding carboxylic acids is 1. The van der Waals surface area contributed by atoms with Gasteiger partial charge in [-0.25, -0.2) is 0 Å². The van der Waals surface area contributed by atoms with Gasteiger partial charge in [0.15, 0.2) is 0 Å². The topological polar surface area (TPSA) is 29.5 Å². The minimum absolute atomic E-state index is 0.0817. The van der Waals surface area contributed by atoms with Crippen LogP contribution >= 0.6 is 31.9 Å². The fourth-order valence-electron chi connectivity index (χ4n) is 2.03. The van der Waals surface area contributed by atoms with Gasteiger partial charge in [0.25, 0.3) is 0 Å². The molecule has 19 heavy (non-hydrogen) atoms. The van der Waals surface area contributed by atoms with Crippen LogP contribution in [0.25, 0.3) is 5.70 Å². The maximum Gasteiger partial charge on any atom is 0.240 e. The number of nitrogens with zero attached hydrogens (tertiary/aromatic N) is 1. The molecule has 0 saturated carbocycles. The van der Waals surface area contributed by atoms with Crippen LogP contribution in [0.1, 0.15) is 18.9 Å². The molecule has 1 heterocycles. The molecular formula is C14H15Br2NO2. The molecular weight excluding hydrogens is 374 g/mol. The molecule has 1 atom stereocenters. The van der Waals surface area contributed by atoms with Gasteiger partial charge < -0.3 is 9.64 Å². The van der Waals surface area contributed by atoms with E-state index < -0.39 is 0 Å². The molecule has 1 unspecified atom stereocenters. The molecule has 1 aromatic carbocycles. The van der Waals surface area contributed by atoms with Gasteiger partial charge in [0, 0.05) is 22.8 Å². The molecule has 0 bridgehead atoms. The Kier molecular flexibility index (Phi) is 4.68. The monoisotopic (exact) mass is 387 g/mol. The van der Waals surface area contributed by atoms with Gasteiger partial charge in [0.05, 0.1) is 11.4 Å². The molecule has 3 nitrogen and oxygen atoms in total. The highest BCUT2D eigenvalue weighted by molar-refractivity contribution is 9.10. The molecule has 5 heteroatoms. The number of amides is 1. The lowest BCUT2D eigenvalue weighted by Gasteiger charge is -2.28. The van der Waals surface area contributed by atoms with Crippen molar-refractivity contribution < 1.29 is 9.53 Å². The summed E-state index contributed by atoms with van der Waals surface area (Å²) in [5.41, 5.74) is 1.93. The van der Waals surface area contributed by atoms with E-state index in [2.05, 4.69) is 37.9 Å². The number of hydrogen-bond donors (Lipinski definition) is 0. The summed E-state index contributed by atoms with van der Waals surface area (Å²) < 4.78 is 6.38. The highest BCUT2D eigenvalue weighted by Crippen LogP contribution is 2.33. The number of allylic oxidation sites excluding steroid dienone is 1. The second-order valence-corrected chi connectivity index (χ2v) is 6.22. The maximum absolute atomic E-state index is 12.0. The van der Waals surface area contributed by atoms with Crippen LogP contribution in [-0.2, 0) is 4.79 Å². The molecule has 0 N–H and O–H groups in total. The molecule has 0 aliphatic carbocycles. The first-order chi connectivity index (χ1) is 9.04. The van der Waals surface area contributed by atoms with E-state index in [1.54, 1.807) is 11.9 Å². The first kappa shape index (κ1) is 14.6. The summed E-state index contributed by atoms with van der Waals surface area (Å²) in [4.78, 5) is 13.5. The standard InChI is InChI=1S/C14H15Br2NO2/c1-3-19-9-4-5-10(12(16)8-9)13-7-6-11(15)14(18)17(13)2/h4-5,7-8,11H,3,6H2,1-2H3. The van der Waals surface area contributed by atoms with E-state index in [0.717, 1.165) is 21.5 Å². The van der Waals surface area contributed by atoms with Gasteiger partial charge in [-0.05, 0) is 47.5 Å². The summed E-state index contributed by atoms with van der Waals surface area (Å²) in [7, 11) is 1.80. The third kappa shape index (κ3) is 3.03. The second-order valence-electron chi connectivity index (χ2n) is 4.26. The molecule has 1 aliphatic heterocycles. The number of halogens is 2. The van der Waals surface area contributed by atoms with E-state index in [9.17, 15) is 4.79 Å². The Morgan fingerprint density at radius 1 is 1.47 bits per heavy atom. The predicted molar refractivity (Wildman–Crippen MR) is 83.4 cm³/mol. The van der Waals surface area contributed by atoms with Gasteiger partial charge in [-0.15, -0.1) is 0 Å². The number of hydrogen-bond acceptors (Lipinski definition) is 2. The summed E-state index contributed by atoms with van der Waals surface area (Å²) in [5, 5.41) is 0. The SMILES string of the molecule is CCOc1ccc(C2=CCC(Br)C(=O)N2C)c(Br)c1. The van der Waals surface area contributed by atoms with Crippen molar-refractivity contribution >= 4 is 43.5 Å². The zero-order valence-electron chi connectivity index (χ0n) is 10.8. The molecule has 1 amide bonds. The van der Waals surface area contributed by atoms with Gasteiger partial charge >= 0.3 is 0 Å². The van der Waals surface area contributed by atoms with Crippen molar-refractivity contribution in [3.8, 4) is 5.75 Å². The third-order valence-corrected chi connectivity index (χ3v) is 4.43. The summed E-state index contributed by atoms with van der Waals surface area (Å²) in [5.74, 6) is 0.903. The van der Waals surface area contributed by atoms with Crippen LogP contribution in [0.3, 0.4) is 0 Å². The van der Waals surface area contributed by atoms with Crippen LogP contribution in [-0.4, -0.2) is 29.3 Å². The quantitative estimate of drug-likeness (QED) is 0.736. The number of ether oxygens (including phenoxy) is 1. The fraction of sp³-hybridized carbons (Fsp3) is 0.357. The van der Waals surface area contributed by atoms with Crippen LogP contribution in [0.2, 0.25) is 0 Å². The number of rotatable bonds is 3. The summed E-state index contributed by atoms with van der Waals surface area (Å²) in [6.07, 6.45) is 2.78. The van der Waals surface area contributed by atoms with Crippen LogP contribution in [0.5, 0.6) is 5.75 Å². The van der Waals surface area contributed by atoms with Crippen LogP contribution in [0.4, 0.5) is 0 Å². The van der Waals surface area contributed by atoms with Crippen LogP contribution in [0.15, 0.2) is 28.7 Å². The van der Waals surface area contributed by atoms with E-state index in [0.29, 0.717) is 13.0 Å². The zero-order chi connectivity index (χ0) is 14.0. The third-order valence-electron chi connectivity index (χ3n) is 3.01. The first-order valence-electron chi connectivity index (χ1n) is 6.09. The average molecular weight is 389 g/mol. The van der Waals surface area contributed by atoms with E-state index >= 15 is 0 Å². The Hall–Kier alpha value is -0.810. The summed E-state index contributed by atoms with van der Waals surface area (Å²) in [6, 6.07) is 5.82. The normalized spacial score (nSPS) is 19.4. The average Bonchev–Trinajstić information content (AvgIpc) is 2.38. The highest BCUT2D eigenvalue weighted by Gasteiger charge is 2.27. The van der Waals surface area contributed by atoms with Crippen LogP contribution < -0.4 is 4.74 Å². The largest absolute Gasteiger partial charge is 0.494 e. The van der Waals surface area contributed by atoms with Gasteiger partial charge in [0.1, 0.15) is 5.75 Å². The Morgan fingerprint density at radius 3 is 2.84 bits per heavy atom. The molecule has 1 aromatic rings. The lowest BCUT2D eigenvalue weighted by Crippen LogP contribution is -2.35. The Balaban J connectivity index is 2.34. The molecule has 102 valence electrons. The molecule has 0 saturated heterocycles. The van der Waals surface area contributed by atoms with Crippen molar-refractivity contribution in [3.63, 3.8) is 0 Å². The first-order valence-corrected chi connectivity index (χ1v) is 7.80. The molecule has 1 aliphatic rings. The molecule has 0 aromatic heterocycles. The molecule has 2 rings (SSSR count). The fourth-order valence-corrected chi connectivity index (χ4v) is 3.09. The second kappa shape index (κ2) is 6.09. The van der Waals surface area contributed by atoms with Crippen molar-refractivity contribution in [2.75, 3.05) is 13.7 Å². The van der Waals surface area contributed by atoms with Crippen molar-refractivity contribution in [3.05, 3.63) is 34.3 Å². The predicted octanol–water partition coefficient (Wildman–Crippen LogP) is 3.81.